The molecular weight excluding hydrogens is 344 g/mol. The molecule has 136 valence electrons. The number of nitrogens with zero attached hydrogens (tertiary/aromatic N) is 1. The van der Waals surface area contributed by atoms with E-state index in [0.29, 0.717) is 17.9 Å². The van der Waals surface area contributed by atoms with Crippen LogP contribution in [-0.2, 0) is 16.4 Å². The van der Waals surface area contributed by atoms with Crippen LogP contribution in [0, 0.1) is 27.7 Å². The fourth-order valence-electron chi connectivity index (χ4n) is 3.28. The molecule has 0 spiro atoms. The molecule has 0 bridgehead atoms. The van der Waals surface area contributed by atoms with Crippen LogP contribution in [0.25, 0.3) is 0 Å². The molecule has 0 aliphatic rings. The van der Waals surface area contributed by atoms with Gasteiger partial charge in [0.1, 0.15) is 10.7 Å². The molecule has 0 fully saturated rings. The zero-order valence-electron chi connectivity index (χ0n) is 15.6. The molecule has 0 amide bonds. The summed E-state index contributed by atoms with van der Waals surface area (Å²) in [6, 6.07) is 14.6. The summed E-state index contributed by atoms with van der Waals surface area (Å²) in [7, 11) is -3.66. The van der Waals surface area contributed by atoms with Crippen molar-refractivity contribution in [2.45, 2.75) is 44.0 Å². The molecule has 0 unspecified atom stereocenters. The number of aromatic nitrogens is 1. The molecule has 1 heterocycles. The number of nitrogen functional groups attached to an aromatic ring is 1. The van der Waals surface area contributed by atoms with Crippen LogP contribution in [0.5, 0.6) is 0 Å². The van der Waals surface area contributed by atoms with Crippen molar-refractivity contribution in [2.24, 2.45) is 0 Å². The first kappa shape index (κ1) is 18.3. The third-order valence-electron chi connectivity index (χ3n) is 5.18. The number of hydrogen-bond donors (Lipinski definition) is 1. The first-order chi connectivity index (χ1) is 12.2. The van der Waals surface area contributed by atoms with Gasteiger partial charge in [-0.25, -0.2) is 8.42 Å². The molecule has 0 saturated heterocycles. The minimum Gasteiger partial charge on any atom is -0.384 e. The highest BCUT2D eigenvalue weighted by Gasteiger charge is 2.28. The summed E-state index contributed by atoms with van der Waals surface area (Å²) in [6.45, 7) is 8.44. The van der Waals surface area contributed by atoms with Crippen molar-refractivity contribution in [1.29, 1.82) is 0 Å². The van der Waals surface area contributed by atoms with E-state index in [2.05, 4.69) is 26.0 Å². The summed E-state index contributed by atoms with van der Waals surface area (Å²) in [6.07, 6.45) is 0. The van der Waals surface area contributed by atoms with E-state index in [1.807, 2.05) is 24.5 Å². The molecule has 3 aromatic rings. The van der Waals surface area contributed by atoms with Gasteiger partial charge in [0.25, 0.3) is 0 Å². The number of nitrogens with two attached hydrogens (primary N) is 1. The molecule has 0 aliphatic heterocycles. The topological polar surface area (TPSA) is 65.1 Å². The van der Waals surface area contributed by atoms with E-state index in [0.717, 1.165) is 11.3 Å². The maximum Gasteiger partial charge on any atom is 0.210 e. The molecule has 4 nitrogen and oxygen atoms in total. The number of sulfone groups is 1. The summed E-state index contributed by atoms with van der Waals surface area (Å²) in [5.41, 5.74) is 11.5. The zero-order valence-corrected chi connectivity index (χ0v) is 16.4. The Kier molecular flexibility index (Phi) is 4.67. The van der Waals surface area contributed by atoms with Crippen LogP contribution in [0.2, 0.25) is 0 Å². The molecule has 0 aliphatic carbocycles. The lowest BCUT2D eigenvalue weighted by Crippen LogP contribution is -2.10. The van der Waals surface area contributed by atoms with Gasteiger partial charge in [0.05, 0.1) is 4.90 Å². The van der Waals surface area contributed by atoms with Crippen LogP contribution in [0.3, 0.4) is 0 Å². The molecule has 1 aromatic heterocycles. The Morgan fingerprint density at radius 1 is 0.885 bits per heavy atom. The number of rotatable bonds is 4. The van der Waals surface area contributed by atoms with Crippen LogP contribution in [0.15, 0.2) is 58.3 Å². The smallest absolute Gasteiger partial charge is 0.210 e. The van der Waals surface area contributed by atoms with E-state index < -0.39 is 9.84 Å². The minimum atomic E-state index is -3.66. The largest absolute Gasteiger partial charge is 0.384 e. The molecule has 5 heteroatoms. The highest BCUT2D eigenvalue weighted by Crippen LogP contribution is 2.34. The lowest BCUT2D eigenvalue weighted by molar-refractivity contribution is 0.596. The lowest BCUT2D eigenvalue weighted by Gasteiger charge is -2.13. The van der Waals surface area contributed by atoms with Crippen LogP contribution >= 0.6 is 0 Å². The van der Waals surface area contributed by atoms with Gasteiger partial charge in [-0.1, -0.05) is 36.4 Å². The van der Waals surface area contributed by atoms with Crippen LogP contribution in [0.1, 0.15) is 27.9 Å². The fourth-order valence-corrected chi connectivity index (χ4v) is 4.96. The van der Waals surface area contributed by atoms with Crippen molar-refractivity contribution in [1.82, 2.24) is 4.57 Å². The van der Waals surface area contributed by atoms with Crippen molar-refractivity contribution in [3.05, 3.63) is 76.5 Å². The molecule has 2 aromatic carbocycles. The SMILES string of the molecule is Cc1cccc(Cn2c(C)c(C)c(S(=O)(=O)c3ccccc3)c2N)c1C. The van der Waals surface area contributed by atoms with Gasteiger partial charge in [0.2, 0.25) is 9.84 Å². The molecule has 3 rings (SSSR count). The van der Waals surface area contributed by atoms with E-state index in [-0.39, 0.29) is 9.79 Å². The van der Waals surface area contributed by atoms with Crippen molar-refractivity contribution in [3.63, 3.8) is 0 Å². The number of hydrogen-bond acceptors (Lipinski definition) is 3. The average Bonchev–Trinajstić information content (AvgIpc) is 2.83. The van der Waals surface area contributed by atoms with Crippen molar-refractivity contribution >= 4 is 15.7 Å². The quantitative estimate of drug-likeness (QED) is 0.751. The van der Waals surface area contributed by atoms with Crippen molar-refractivity contribution in [2.75, 3.05) is 5.73 Å². The molecule has 0 radical (unpaired) electrons. The Balaban J connectivity index is 2.14. The van der Waals surface area contributed by atoms with E-state index in [9.17, 15) is 8.42 Å². The predicted molar refractivity (Wildman–Crippen MR) is 105 cm³/mol. The van der Waals surface area contributed by atoms with Gasteiger partial charge in [0, 0.05) is 12.2 Å². The van der Waals surface area contributed by atoms with E-state index >= 15 is 0 Å². The number of benzene rings is 2. The van der Waals surface area contributed by atoms with Gasteiger partial charge >= 0.3 is 0 Å². The van der Waals surface area contributed by atoms with Crippen LogP contribution in [0.4, 0.5) is 5.82 Å². The molecule has 0 saturated carbocycles. The molecule has 26 heavy (non-hydrogen) atoms. The van der Waals surface area contributed by atoms with Gasteiger partial charge in [-0.3, -0.25) is 0 Å². The normalized spacial score (nSPS) is 11.7. The average molecular weight is 369 g/mol. The fraction of sp³-hybridized carbons (Fsp3) is 0.238. The standard InChI is InChI=1S/C21H24N2O2S/c1-14-9-8-10-18(15(14)2)13-23-17(4)16(3)20(21(23)22)26(24,25)19-11-6-5-7-12-19/h5-12H,13,22H2,1-4H3. The summed E-state index contributed by atoms with van der Waals surface area (Å²) in [4.78, 5) is 0.477. The Hall–Kier alpha value is -2.53. The third kappa shape index (κ3) is 2.92. The monoisotopic (exact) mass is 368 g/mol. The first-order valence-corrected chi connectivity index (χ1v) is 10.0. The zero-order chi connectivity index (χ0) is 19.1. The van der Waals surface area contributed by atoms with Gasteiger partial charge < -0.3 is 10.3 Å². The number of anilines is 1. The lowest BCUT2D eigenvalue weighted by atomic mass is 10.0. The minimum absolute atomic E-state index is 0.214. The van der Waals surface area contributed by atoms with E-state index in [4.69, 9.17) is 5.73 Å². The summed E-state index contributed by atoms with van der Waals surface area (Å²) in [5, 5.41) is 0. The van der Waals surface area contributed by atoms with E-state index in [1.54, 1.807) is 30.3 Å². The number of aryl methyl sites for hydroxylation is 1. The maximum absolute atomic E-state index is 13.1. The Morgan fingerprint density at radius 2 is 1.54 bits per heavy atom. The van der Waals surface area contributed by atoms with Crippen molar-refractivity contribution < 1.29 is 8.42 Å². The summed E-state index contributed by atoms with van der Waals surface area (Å²) in [5.74, 6) is 0.296. The Morgan fingerprint density at radius 3 is 2.19 bits per heavy atom. The predicted octanol–water partition coefficient (Wildman–Crippen LogP) is 4.19. The van der Waals surface area contributed by atoms with Gasteiger partial charge in [-0.15, -0.1) is 0 Å². The molecular formula is C21H24N2O2S. The third-order valence-corrected chi connectivity index (χ3v) is 7.12. The highest BCUT2D eigenvalue weighted by atomic mass is 32.2. The van der Waals surface area contributed by atoms with Crippen molar-refractivity contribution in [3.8, 4) is 0 Å². The van der Waals surface area contributed by atoms with Gasteiger partial charge in [0.15, 0.2) is 0 Å². The summed E-state index contributed by atoms with van der Waals surface area (Å²) < 4.78 is 28.1. The second-order valence-electron chi connectivity index (χ2n) is 6.69. The first-order valence-electron chi connectivity index (χ1n) is 8.55. The van der Waals surface area contributed by atoms with E-state index in [1.165, 1.54) is 11.1 Å². The summed E-state index contributed by atoms with van der Waals surface area (Å²) >= 11 is 0. The highest BCUT2D eigenvalue weighted by molar-refractivity contribution is 7.91. The Bertz CT molecular complexity index is 1070. The van der Waals surface area contributed by atoms with Gasteiger partial charge in [-0.05, 0) is 62.1 Å². The van der Waals surface area contributed by atoms with Crippen LogP contribution in [-0.4, -0.2) is 13.0 Å². The molecule has 2 N–H and O–H groups in total. The Labute approximate surface area is 155 Å². The maximum atomic E-state index is 13.1. The van der Waals surface area contributed by atoms with Gasteiger partial charge in [-0.2, -0.15) is 0 Å². The second kappa shape index (κ2) is 6.65. The molecule has 0 atom stereocenters. The van der Waals surface area contributed by atoms with Crippen LogP contribution < -0.4 is 5.73 Å². The second-order valence-corrected chi connectivity index (χ2v) is 8.57.